The molecule has 142 valence electrons. The normalized spacial score (nSPS) is 17.9. The molecule has 1 aliphatic heterocycles. The fraction of sp³-hybridized carbons (Fsp3) is 0.0455. The highest BCUT2D eigenvalue weighted by Gasteiger charge is 2.10. The number of allylic oxidation sites excluding steroid dienone is 5. The molecule has 6 nitrogen and oxygen atoms in total. The van der Waals surface area contributed by atoms with Gasteiger partial charge in [0.15, 0.2) is 0 Å². The van der Waals surface area contributed by atoms with E-state index >= 15 is 0 Å². The summed E-state index contributed by atoms with van der Waals surface area (Å²) in [5.41, 5.74) is 18.4. The van der Waals surface area contributed by atoms with Gasteiger partial charge >= 0.3 is 0 Å². The zero-order valence-electron chi connectivity index (χ0n) is 15.4. The predicted molar refractivity (Wildman–Crippen MR) is 114 cm³/mol. The van der Waals surface area contributed by atoms with Crippen LogP contribution >= 0.6 is 0 Å². The highest BCUT2D eigenvalue weighted by Crippen LogP contribution is 2.18. The number of nitrogens with one attached hydrogen (secondary N) is 2. The van der Waals surface area contributed by atoms with E-state index in [1.165, 1.54) is 0 Å². The molecule has 2 aromatic carbocycles. The van der Waals surface area contributed by atoms with Crippen LogP contribution in [0.25, 0.3) is 0 Å². The Labute approximate surface area is 164 Å². The van der Waals surface area contributed by atoms with Crippen LogP contribution < -0.4 is 22.2 Å². The van der Waals surface area contributed by atoms with Gasteiger partial charge in [-0.25, -0.2) is 0 Å². The van der Waals surface area contributed by atoms with E-state index in [0.717, 1.165) is 11.3 Å². The van der Waals surface area contributed by atoms with Gasteiger partial charge in [0, 0.05) is 5.56 Å². The standard InChI is InChI=1S/C22H23N5O/c1-16-7-3-2-4-10-21(24)26-27(16)15-17-11-13-18(14-12-17)22(28)25-20-9-6-5-8-19(20)23/h2-14,26H,1,15,23-24H2,(H,25,28)/b4-2-,7-3-,21-10+. The van der Waals surface area contributed by atoms with Gasteiger partial charge in [0.1, 0.15) is 5.82 Å². The SMILES string of the molecule is C=C1\C=C/C=C\C=C(/N)NN1Cc1ccc(C(=O)Nc2ccccc2N)cc1. The Morgan fingerprint density at radius 3 is 2.54 bits per heavy atom. The lowest BCUT2D eigenvalue weighted by Gasteiger charge is -2.26. The third-order valence-electron chi connectivity index (χ3n) is 4.16. The van der Waals surface area contributed by atoms with Crippen molar-refractivity contribution in [3.63, 3.8) is 0 Å². The van der Waals surface area contributed by atoms with Crippen LogP contribution in [0.2, 0.25) is 0 Å². The molecule has 1 heterocycles. The maximum absolute atomic E-state index is 12.4. The van der Waals surface area contributed by atoms with E-state index in [1.54, 1.807) is 30.3 Å². The first-order valence-corrected chi connectivity index (χ1v) is 8.81. The first-order chi connectivity index (χ1) is 13.5. The maximum Gasteiger partial charge on any atom is 0.255 e. The Morgan fingerprint density at radius 2 is 1.79 bits per heavy atom. The van der Waals surface area contributed by atoms with Crippen molar-refractivity contribution in [2.75, 3.05) is 11.1 Å². The molecule has 0 saturated heterocycles. The number of benzene rings is 2. The Kier molecular flexibility index (Phi) is 5.81. The van der Waals surface area contributed by atoms with E-state index in [-0.39, 0.29) is 5.91 Å². The smallest absolute Gasteiger partial charge is 0.255 e. The van der Waals surface area contributed by atoms with E-state index in [9.17, 15) is 4.79 Å². The van der Waals surface area contributed by atoms with E-state index < -0.39 is 0 Å². The second-order valence-electron chi connectivity index (χ2n) is 6.29. The second kappa shape index (κ2) is 8.64. The summed E-state index contributed by atoms with van der Waals surface area (Å²) in [6.07, 6.45) is 9.30. The van der Waals surface area contributed by atoms with E-state index in [4.69, 9.17) is 11.5 Å². The molecule has 0 saturated carbocycles. The molecule has 1 amide bonds. The lowest BCUT2D eigenvalue weighted by molar-refractivity contribution is 0.102. The van der Waals surface area contributed by atoms with Crippen LogP contribution in [0.4, 0.5) is 11.4 Å². The van der Waals surface area contributed by atoms with Crippen LogP contribution in [0.15, 0.2) is 97.0 Å². The van der Waals surface area contributed by atoms with Crippen LogP contribution in [-0.2, 0) is 6.54 Å². The van der Waals surface area contributed by atoms with Crippen molar-refractivity contribution in [1.82, 2.24) is 10.4 Å². The number of amides is 1. The number of hydrazine groups is 1. The lowest BCUT2D eigenvalue weighted by Crippen LogP contribution is -2.37. The van der Waals surface area contributed by atoms with Crippen molar-refractivity contribution < 1.29 is 4.79 Å². The number of hydrogen-bond acceptors (Lipinski definition) is 5. The second-order valence-corrected chi connectivity index (χ2v) is 6.29. The Bertz CT molecular complexity index is 957. The molecule has 0 bridgehead atoms. The van der Waals surface area contributed by atoms with Gasteiger partial charge in [0.05, 0.1) is 23.6 Å². The third kappa shape index (κ3) is 4.82. The van der Waals surface area contributed by atoms with Gasteiger partial charge in [-0.1, -0.05) is 49.1 Å². The average molecular weight is 373 g/mol. The number of rotatable bonds is 4. The highest BCUT2D eigenvalue weighted by molar-refractivity contribution is 6.05. The molecule has 28 heavy (non-hydrogen) atoms. The van der Waals surface area contributed by atoms with Crippen molar-refractivity contribution in [3.8, 4) is 0 Å². The van der Waals surface area contributed by atoms with Gasteiger partial charge < -0.3 is 16.8 Å². The third-order valence-corrected chi connectivity index (χ3v) is 4.16. The topological polar surface area (TPSA) is 96.4 Å². The molecule has 6 N–H and O–H groups in total. The monoisotopic (exact) mass is 373 g/mol. The zero-order chi connectivity index (χ0) is 19.9. The molecule has 6 heteroatoms. The molecule has 0 spiro atoms. The Balaban J connectivity index is 1.69. The number of anilines is 2. The Morgan fingerprint density at radius 1 is 1.04 bits per heavy atom. The largest absolute Gasteiger partial charge is 0.397 e. The minimum absolute atomic E-state index is 0.212. The van der Waals surface area contributed by atoms with Gasteiger partial charge in [0.25, 0.3) is 5.91 Å². The summed E-state index contributed by atoms with van der Waals surface area (Å²) in [5.74, 6) is 0.300. The number of para-hydroxylation sites is 2. The van der Waals surface area contributed by atoms with Gasteiger partial charge in [-0.3, -0.25) is 15.2 Å². The molecular weight excluding hydrogens is 350 g/mol. The molecule has 2 aromatic rings. The summed E-state index contributed by atoms with van der Waals surface area (Å²) in [6, 6.07) is 14.5. The fourth-order valence-corrected chi connectivity index (χ4v) is 2.64. The predicted octanol–water partition coefficient (Wildman–Crippen LogP) is 3.27. The summed E-state index contributed by atoms with van der Waals surface area (Å²) in [7, 11) is 0. The molecule has 1 aliphatic rings. The minimum atomic E-state index is -0.212. The van der Waals surface area contributed by atoms with Crippen molar-refractivity contribution in [1.29, 1.82) is 0 Å². The number of nitrogens with zero attached hydrogens (tertiary/aromatic N) is 1. The highest BCUT2D eigenvalue weighted by atomic mass is 16.1. The summed E-state index contributed by atoms with van der Waals surface area (Å²) >= 11 is 0. The fourth-order valence-electron chi connectivity index (χ4n) is 2.64. The van der Waals surface area contributed by atoms with Gasteiger partial charge in [-0.05, 0) is 42.0 Å². The van der Waals surface area contributed by atoms with Crippen LogP contribution in [-0.4, -0.2) is 10.9 Å². The van der Waals surface area contributed by atoms with Crippen LogP contribution in [0, 0.1) is 0 Å². The summed E-state index contributed by atoms with van der Waals surface area (Å²) in [5, 5.41) is 4.66. The molecule has 0 aromatic heterocycles. The molecule has 3 rings (SSSR count). The van der Waals surface area contributed by atoms with Crippen molar-refractivity contribution >= 4 is 17.3 Å². The number of nitrogens with two attached hydrogens (primary N) is 2. The van der Waals surface area contributed by atoms with Crippen LogP contribution in [0.1, 0.15) is 15.9 Å². The molecule has 0 radical (unpaired) electrons. The van der Waals surface area contributed by atoms with E-state index in [2.05, 4.69) is 17.3 Å². The van der Waals surface area contributed by atoms with Gasteiger partial charge in [-0.15, -0.1) is 0 Å². The molecule has 0 fully saturated rings. The Hall–Kier alpha value is -3.93. The summed E-state index contributed by atoms with van der Waals surface area (Å²) < 4.78 is 0. The molecule has 0 atom stereocenters. The van der Waals surface area contributed by atoms with Gasteiger partial charge in [0.2, 0.25) is 0 Å². The van der Waals surface area contributed by atoms with Crippen LogP contribution in [0.5, 0.6) is 0 Å². The van der Waals surface area contributed by atoms with Crippen LogP contribution in [0.3, 0.4) is 0 Å². The number of carbonyl (C=O) groups is 1. The first-order valence-electron chi connectivity index (χ1n) is 8.81. The molecule has 0 aliphatic carbocycles. The van der Waals surface area contributed by atoms with Crippen molar-refractivity contribution in [2.45, 2.75) is 6.54 Å². The number of hydrogen-bond donors (Lipinski definition) is 4. The minimum Gasteiger partial charge on any atom is -0.397 e. The van der Waals surface area contributed by atoms with Crippen molar-refractivity contribution in [2.24, 2.45) is 5.73 Å². The number of nitrogen functional groups attached to an aromatic ring is 1. The van der Waals surface area contributed by atoms with Gasteiger partial charge in [-0.2, -0.15) is 0 Å². The van der Waals surface area contributed by atoms with E-state index in [0.29, 0.717) is 29.3 Å². The first kappa shape index (κ1) is 18.8. The van der Waals surface area contributed by atoms with Crippen molar-refractivity contribution in [3.05, 3.63) is 108 Å². The quantitative estimate of drug-likeness (QED) is 0.617. The zero-order valence-corrected chi connectivity index (χ0v) is 15.4. The summed E-state index contributed by atoms with van der Waals surface area (Å²) in [4.78, 5) is 12.4. The summed E-state index contributed by atoms with van der Waals surface area (Å²) in [6.45, 7) is 4.59. The maximum atomic E-state index is 12.4. The number of carbonyl (C=O) groups excluding carboxylic acids is 1. The molecular formula is C22H23N5O. The lowest BCUT2D eigenvalue weighted by atomic mass is 10.1. The van der Waals surface area contributed by atoms with E-state index in [1.807, 2.05) is 53.6 Å². The molecule has 0 unspecified atom stereocenters. The average Bonchev–Trinajstić information content (AvgIpc) is 2.76.